The summed E-state index contributed by atoms with van der Waals surface area (Å²) in [6, 6.07) is 32.8. The fraction of sp³-hybridized carbons (Fsp3) is 0.0882. The number of para-hydroxylation sites is 1. The standard InChI is InChI=1S/C34H27N3O5/c1-42-31-19-24(35-32(38)27-13-7-6-12-26(27)22-9-3-2-4-10-22)15-17-28(31)33(39)37-21-25-16-18-30(34(40)41)36(25)20-23-11-5-8-14-29(23)37/h2-19H,20-21H2,1H3,(H,35,38)(H,40,41). The van der Waals surface area contributed by atoms with Crippen molar-refractivity contribution in [1.82, 2.24) is 4.57 Å². The largest absolute Gasteiger partial charge is 0.496 e. The number of amides is 2. The predicted molar refractivity (Wildman–Crippen MR) is 160 cm³/mol. The van der Waals surface area contributed by atoms with Crippen molar-refractivity contribution < 1.29 is 24.2 Å². The van der Waals surface area contributed by atoms with Crippen LogP contribution in [-0.4, -0.2) is 34.6 Å². The SMILES string of the molecule is COc1cc(NC(=O)c2ccccc2-c2ccccc2)ccc1C(=O)N1Cc2ccc(C(=O)O)n2Cc2ccccc21. The zero-order chi connectivity index (χ0) is 29.2. The maximum Gasteiger partial charge on any atom is 0.352 e. The van der Waals surface area contributed by atoms with Crippen molar-refractivity contribution in [2.24, 2.45) is 0 Å². The Balaban J connectivity index is 1.31. The summed E-state index contributed by atoms with van der Waals surface area (Å²) in [6.07, 6.45) is 0. The monoisotopic (exact) mass is 557 g/mol. The van der Waals surface area contributed by atoms with Gasteiger partial charge in [-0.3, -0.25) is 9.59 Å². The third-order valence-corrected chi connectivity index (χ3v) is 7.41. The van der Waals surface area contributed by atoms with E-state index in [2.05, 4.69) is 5.32 Å². The summed E-state index contributed by atoms with van der Waals surface area (Å²) in [5.41, 5.74) is 5.44. The fourth-order valence-electron chi connectivity index (χ4n) is 5.37. The van der Waals surface area contributed by atoms with Crippen molar-refractivity contribution in [2.75, 3.05) is 17.3 Å². The van der Waals surface area contributed by atoms with Gasteiger partial charge in [0.25, 0.3) is 11.8 Å². The van der Waals surface area contributed by atoms with E-state index in [-0.39, 0.29) is 24.1 Å². The molecule has 1 aliphatic heterocycles. The van der Waals surface area contributed by atoms with E-state index in [0.29, 0.717) is 40.5 Å². The van der Waals surface area contributed by atoms with Crippen LogP contribution in [0.15, 0.2) is 109 Å². The van der Waals surface area contributed by atoms with E-state index >= 15 is 0 Å². The molecular formula is C34H27N3O5. The van der Waals surface area contributed by atoms with Gasteiger partial charge in [-0.1, -0.05) is 66.7 Å². The minimum atomic E-state index is -1.02. The number of nitrogens with one attached hydrogen (secondary N) is 1. The number of methoxy groups -OCH3 is 1. The van der Waals surface area contributed by atoms with Crippen LogP contribution in [0.5, 0.6) is 5.75 Å². The summed E-state index contributed by atoms with van der Waals surface area (Å²) in [6.45, 7) is 0.511. The maximum atomic E-state index is 14.0. The number of hydrogen-bond acceptors (Lipinski definition) is 4. The number of nitrogens with zero attached hydrogens (tertiary/aromatic N) is 2. The maximum absolute atomic E-state index is 14.0. The van der Waals surface area contributed by atoms with Crippen LogP contribution in [0, 0.1) is 0 Å². The number of fused-ring (bicyclic) bond motifs is 2. The zero-order valence-corrected chi connectivity index (χ0v) is 22.8. The van der Waals surface area contributed by atoms with Crippen LogP contribution in [-0.2, 0) is 13.1 Å². The molecule has 1 aromatic heterocycles. The van der Waals surface area contributed by atoms with Gasteiger partial charge in [-0.05, 0) is 53.1 Å². The minimum Gasteiger partial charge on any atom is -0.496 e. The molecule has 2 N–H and O–H groups in total. The van der Waals surface area contributed by atoms with Crippen LogP contribution in [0.25, 0.3) is 11.1 Å². The number of carbonyl (C=O) groups excluding carboxylic acids is 2. The molecular weight excluding hydrogens is 530 g/mol. The van der Waals surface area contributed by atoms with Crippen molar-refractivity contribution in [3.05, 3.63) is 137 Å². The molecule has 0 unspecified atom stereocenters. The fourth-order valence-corrected chi connectivity index (χ4v) is 5.37. The number of rotatable bonds is 6. The first-order valence-electron chi connectivity index (χ1n) is 13.4. The molecule has 8 nitrogen and oxygen atoms in total. The Labute approximate surface area is 242 Å². The summed E-state index contributed by atoms with van der Waals surface area (Å²) in [5, 5.41) is 12.6. The lowest BCUT2D eigenvalue weighted by Gasteiger charge is -2.24. The van der Waals surface area contributed by atoms with E-state index in [0.717, 1.165) is 16.7 Å². The van der Waals surface area contributed by atoms with Crippen molar-refractivity contribution in [2.45, 2.75) is 13.1 Å². The van der Waals surface area contributed by atoms with Gasteiger partial charge in [0.05, 0.1) is 25.8 Å². The molecule has 0 saturated carbocycles. The molecule has 1 aliphatic rings. The molecule has 0 fully saturated rings. The number of aromatic carboxylic acids is 1. The normalized spacial score (nSPS) is 12.1. The number of ether oxygens (including phenoxy) is 1. The minimum absolute atomic E-state index is 0.167. The van der Waals surface area contributed by atoms with Gasteiger partial charge >= 0.3 is 5.97 Å². The zero-order valence-electron chi connectivity index (χ0n) is 22.8. The number of hydrogen-bond donors (Lipinski definition) is 2. The molecule has 0 atom stereocenters. The number of anilines is 2. The van der Waals surface area contributed by atoms with E-state index in [1.807, 2.05) is 72.8 Å². The second-order valence-corrected chi connectivity index (χ2v) is 9.90. The van der Waals surface area contributed by atoms with Gasteiger partial charge in [0.15, 0.2) is 0 Å². The van der Waals surface area contributed by atoms with E-state index in [4.69, 9.17) is 4.74 Å². The summed E-state index contributed by atoms with van der Waals surface area (Å²) in [5.74, 6) is -1.31. The molecule has 42 heavy (non-hydrogen) atoms. The first-order valence-corrected chi connectivity index (χ1v) is 13.4. The Morgan fingerprint density at radius 2 is 1.52 bits per heavy atom. The van der Waals surface area contributed by atoms with E-state index in [9.17, 15) is 19.5 Å². The lowest BCUT2D eigenvalue weighted by molar-refractivity contribution is 0.0685. The molecule has 0 radical (unpaired) electrons. The molecule has 0 spiro atoms. The molecule has 2 heterocycles. The molecule has 0 saturated heterocycles. The first-order chi connectivity index (χ1) is 20.4. The summed E-state index contributed by atoms with van der Waals surface area (Å²) in [4.78, 5) is 40.8. The Hall–Kier alpha value is -5.63. The lowest BCUT2D eigenvalue weighted by atomic mass is 9.99. The Bertz CT molecular complexity index is 1830. The highest BCUT2D eigenvalue weighted by atomic mass is 16.5. The highest BCUT2D eigenvalue weighted by Gasteiger charge is 2.29. The number of carboxylic acids is 1. The second kappa shape index (κ2) is 11.1. The average Bonchev–Trinajstić information content (AvgIpc) is 3.34. The van der Waals surface area contributed by atoms with Gasteiger partial charge in [-0.15, -0.1) is 0 Å². The smallest absolute Gasteiger partial charge is 0.352 e. The summed E-state index contributed by atoms with van der Waals surface area (Å²) >= 11 is 0. The molecule has 4 aromatic carbocycles. The van der Waals surface area contributed by atoms with Gasteiger partial charge in [0.2, 0.25) is 0 Å². The van der Waals surface area contributed by atoms with Crippen LogP contribution >= 0.6 is 0 Å². The molecule has 0 aliphatic carbocycles. The van der Waals surface area contributed by atoms with Gasteiger partial charge in [-0.25, -0.2) is 4.79 Å². The van der Waals surface area contributed by atoms with Crippen molar-refractivity contribution in [3.8, 4) is 16.9 Å². The highest BCUT2D eigenvalue weighted by molar-refractivity contribution is 6.11. The van der Waals surface area contributed by atoms with Gasteiger partial charge in [-0.2, -0.15) is 0 Å². The van der Waals surface area contributed by atoms with Gasteiger partial charge in [0.1, 0.15) is 11.4 Å². The molecule has 6 rings (SSSR count). The van der Waals surface area contributed by atoms with E-state index in [1.165, 1.54) is 7.11 Å². The van der Waals surface area contributed by atoms with Crippen LogP contribution in [0.4, 0.5) is 11.4 Å². The highest BCUT2D eigenvalue weighted by Crippen LogP contribution is 2.33. The number of carboxylic acid groups (broad SMARTS) is 1. The van der Waals surface area contributed by atoms with Crippen molar-refractivity contribution in [3.63, 3.8) is 0 Å². The number of aromatic nitrogens is 1. The Morgan fingerprint density at radius 1 is 0.786 bits per heavy atom. The van der Waals surface area contributed by atoms with Crippen LogP contribution in [0.3, 0.4) is 0 Å². The molecule has 0 bridgehead atoms. The predicted octanol–water partition coefficient (Wildman–Crippen LogP) is 6.32. The molecule has 2 amide bonds. The third-order valence-electron chi connectivity index (χ3n) is 7.41. The second-order valence-electron chi connectivity index (χ2n) is 9.90. The quantitative estimate of drug-likeness (QED) is 0.254. The Kier molecular flexibility index (Phi) is 7.02. The summed E-state index contributed by atoms with van der Waals surface area (Å²) in [7, 11) is 1.48. The Morgan fingerprint density at radius 3 is 2.31 bits per heavy atom. The van der Waals surface area contributed by atoms with Gasteiger partial charge < -0.3 is 24.6 Å². The lowest BCUT2D eigenvalue weighted by Crippen LogP contribution is -2.31. The topological polar surface area (TPSA) is 101 Å². The molecule has 208 valence electrons. The summed E-state index contributed by atoms with van der Waals surface area (Å²) < 4.78 is 7.34. The third kappa shape index (κ3) is 4.90. The first kappa shape index (κ1) is 26.6. The van der Waals surface area contributed by atoms with Crippen molar-refractivity contribution >= 4 is 29.2 Å². The van der Waals surface area contributed by atoms with Crippen LogP contribution in [0.2, 0.25) is 0 Å². The van der Waals surface area contributed by atoms with Crippen molar-refractivity contribution in [1.29, 1.82) is 0 Å². The number of benzene rings is 4. The van der Waals surface area contributed by atoms with Gasteiger partial charge in [0, 0.05) is 28.7 Å². The van der Waals surface area contributed by atoms with Crippen LogP contribution < -0.4 is 15.0 Å². The molecule has 8 heteroatoms. The van der Waals surface area contributed by atoms with Crippen LogP contribution in [0.1, 0.15) is 42.5 Å². The average molecular weight is 558 g/mol. The van der Waals surface area contributed by atoms with E-state index in [1.54, 1.807) is 45.9 Å². The number of carbonyl (C=O) groups is 3. The van der Waals surface area contributed by atoms with E-state index < -0.39 is 5.97 Å². The molecule has 5 aromatic rings.